The Bertz CT molecular complexity index is 4380. The van der Waals surface area contributed by atoms with Gasteiger partial charge in [0.2, 0.25) is 23.5 Å². The summed E-state index contributed by atoms with van der Waals surface area (Å²) < 4.78 is 118. The summed E-state index contributed by atoms with van der Waals surface area (Å²) in [4.78, 5) is 81.7. The van der Waals surface area contributed by atoms with E-state index in [-0.39, 0.29) is 90.9 Å². The first-order valence-corrected chi connectivity index (χ1v) is 42.6. The van der Waals surface area contributed by atoms with Gasteiger partial charge in [0, 0.05) is 116 Å². The third kappa shape index (κ3) is 22.0. The van der Waals surface area contributed by atoms with Gasteiger partial charge in [-0.3, -0.25) is 33.8 Å². The van der Waals surface area contributed by atoms with Crippen molar-refractivity contribution in [2.24, 2.45) is 11.3 Å². The molecule has 5 aromatic carbocycles. The van der Waals surface area contributed by atoms with Crippen molar-refractivity contribution in [1.29, 1.82) is 0 Å². The zero-order valence-electron chi connectivity index (χ0n) is 62.0. The van der Waals surface area contributed by atoms with Gasteiger partial charge < -0.3 is 44.9 Å². The lowest BCUT2D eigenvalue weighted by atomic mass is 9.73. The number of benzene rings is 5. The molecular formula is C79H98ClF3N10O12S4. The Balaban J connectivity index is 0.618. The van der Waals surface area contributed by atoms with E-state index in [1.54, 1.807) is 60.6 Å². The van der Waals surface area contributed by atoms with Gasteiger partial charge in [0.15, 0.2) is 0 Å². The van der Waals surface area contributed by atoms with Crippen molar-refractivity contribution >= 4 is 101 Å². The number of aromatic nitrogens is 1. The first kappa shape index (κ1) is 82.5. The Morgan fingerprint density at radius 3 is 2.18 bits per heavy atom. The van der Waals surface area contributed by atoms with Gasteiger partial charge in [-0.1, -0.05) is 92.7 Å². The molecule has 4 heterocycles. The van der Waals surface area contributed by atoms with Crippen LogP contribution in [0.3, 0.4) is 0 Å². The highest BCUT2D eigenvalue weighted by Gasteiger charge is 2.49. The number of ketones is 1. The maximum absolute atomic E-state index is 14.6. The molecule has 2 aliphatic carbocycles. The summed E-state index contributed by atoms with van der Waals surface area (Å²) in [5, 5.41) is 12.1. The highest BCUT2D eigenvalue weighted by Crippen LogP contribution is 2.44. The van der Waals surface area contributed by atoms with Gasteiger partial charge in [-0.05, 0) is 167 Å². The number of nitrogens with one attached hydrogen (secondary N) is 4. The average Bonchev–Trinajstić information content (AvgIpc) is 1.62. The van der Waals surface area contributed by atoms with Gasteiger partial charge in [0.05, 0.1) is 42.5 Å². The fraction of sp³-hybridized carbons (Fsp3) is 0.494. The summed E-state index contributed by atoms with van der Waals surface area (Å²) in [5.74, 6) is -1.12. The van der Waals surface area contributed by atoms with Crippen LogP contribution in [0, 0.1) is 11.3 Å². The monoisotopic (exact) mass is 1600 g/mol. The van der Waals surface area contributed by atoms with Crippen LogP contribution >= 0.6 is 34.7 Å². The number of halogens is 4. The standard InChI is InChI=1S/C79H98ClF3N10O12S4/c1-54(84-4)74(96)87-72(56-13-7-5-8-14-56)77(98)93-33-12-19-69(93)76-86-68(53-107-76)73(95)58-15-11-16-63(47-58)105-46-45-103-43-44-104-51-71(94)92-41-35-89(36-42-92)34-31-61(52-106-64-17-9-6-10-18-64)85-67-29-28-65(48-70(67)108(99,100)79(81,82)83)109(101,102)88-75(97)57-22-26-62(27-23-57)91-39-37-90(38-40-91)50-59-49-78(2,3)32-30-66(59)55-20-24-60(80)25-21-55/h6,9-11,15-18,20-29,47-48,53-54,56,61,69,72,84-85H,5,7-8,12-14,19,30-46,49-52H2,1-4H3,(H,87,96)(H,88,97). The van der Waals surface area contributed by atoms with Crippen molar-refractivity contribution in [2.45, 2.75) is 136 Å². The predicted molar refractivity (Wildman–Crippen MR) is 417 cm³/mol. The van der Waals surface area contributed by atoms with Gasteiger partial charge >= 0.3 is 5.51 Å². The van der Waals surface area contributed by atoms with Crippen LogP contribution in [0.1, 0.15) is 134 Å². The van der Waals surface area contributed by atoms with Crippen molar-refractivity contribution in [2.75, 3.05) is 128 Å². The number of likely N-dealkylation sites (N-methyl/N-ethyl adjacent to an activating group) is 1. The molecule has 0 spiro atoms. The van der Waals surface area contributed by atoms with Crippen LogP contribution in [0.25, 0.3) is 5.57 Å². The molecule has 4 N–H and O–H groups in total. The smallest absolute Gasteiger partial charge is 0.491 e. The molecule has 6 aromatic rings. The molecule has 22 nitrogen and oxygen atoms in total. The zero-order valence-corrected chi connectivity index (χ0v) is 66.1. The number of allylic oxidation sites excluding steroid dienone is 1. The predicted octanol–water partition coefficient (Wildman–Crippen LogP) is 11.8. The maximum atomic E-state index is 14.6. The average molecular weight is 1600 g/mol. The van der Waals surface area contributed by atoms with Crippen LogP contribution in [-0.4, -0.2) is 212 Å². The minimum atomic E-state index is -6.18. The zero-order chi connectivity index (χ0) is 77.5. The minimum Gasteiger partial charge on any atom is -0.491 e. The first-order valence-electron chi connectivity index (χ1n) is 37.4. The Hall–Kier alpha value is -7.45. The number of hydrogen-bond acceptors (Lipinski definition) is 20. The van der Waals surface area contributed by atoms with Crippen molar-refractivity contribution in [3.05, 3.63) is 165 Å². The highest BCUT2D eigenvalue weighted by molar-refractivity contribution is 7.99. The topological polar surface area (TPSA) is 259 Å². The summed E-state index contributed by atoms with van der Waals surface area (Å²) >= 11 is 8.97. The third-order valence-corrected chi connectivity index (χ3v) is 26.3. The SMILES string of the molecule is CNC(C)C(=O)NC(C(=O)N1CCCC1c1nc(C(=O)c2cccc(OCCOCCOCC(=O)N3CCN(CCC(CSc4ccccc4)Nc4ccc(S(=O)(=O)NC(=O)c5ccc(N6CCN(CC7=C(c8ccc(Cl)cc8)CCC(C)(C)C7)CC6)cc5)cc4S(=O)(=O)C(F)(F)F)CC3)c2)cs1)C1CCCCC1. The molecule has 0 radical (unpaired) electrons. The third-order valence-electron chi connectivity index (χ3n) is 21.1. The minimum absolute atomic E-state index is 0.0394. The largest absolute Gasteiger partial charge is 0.501 e. The van der Waals surface area contributed by atoms with Crippen LogP contribution in [0.2, 0.25) is 5.02 Å². The number of rotatable bonds is 33. The molecule has 4 atom stereocenters. The number of anilines is 2. The number of ether oxygens (including phenoxy) is 3. The van der Waals surface area contributed by atoms with E-state index in [9.17, 15) is 54.0 Å². The second-order valence-electron chi connectivity index (χ2n) is 29.3. The molecule has 11 rings (SSSR count). The van der Waals surface area contributed by atoms with Gasteiger partial charge in [0.25, 0.3) is 25.8 Å². The van der Waals surface area contributed by atoms with E-state index >= 15 is 0 Å². The molecule has 1 aromatic heterocycles. The van der Waals surface area contributed by atoms with E-state index in [0.29, 0.717) is 92.6 Å². The maximum Gasteiger partial charge on any atom is 0.501 e. The van der Waals surface area contributed by atoms with E-state index in [1.165, 1.54) is 51.9 Å². The van der Waals surface area contributed by atoms with Crippen LogP contribution < -0.4 is 30.3 Å². The van der Waals surface area contributed by atoms with Crippen molar-refractivity contribution in [1.82, 2.24) is 39.9 Å². The molecule has 4 amide bonds. The fourth-order valence-electron chi connectivity index (χ4n) is 14.7. The number of carbonyl (C=O) groups excluding carboxylic acids is 5. The molecule has 1 saturated carbocycles. The van der Waals surface area contributed by atoms with E-state index in [1.807, 2.05) is 52.1 Å². The Labute approximate surface area is 650 Å². The molecule has 3 aliphatic heterocycles. The van der Waals surface area contributed by atoms with E-state index in [0.717, 1.165) is 100 Å². The van der Waals surface area contributed by atoms with Crippen molar-refractivity contribution in [3.8, 4) is 5.75 Å². The summed E-state index contributed by atoms with van der Waals surface area (Å²) in [6.07, 6.45) is 9.77. The number of sulfone groups is 1. The molecule has 3 saturated heterocycles. The lowest BCUT2D eigenvalue weighted by Gasteiger charge is -2.39. The molecule has 4 fully saturated rings. The highest BCUT2D eigenvalue weighted by atomic mass is 35.5. The lowest BCUT2D eigenvalue weighted by molar-refractivity contribution is -0.139. The number of hydrogen-bond donors (Lipinski definition) is 4. The van der Waals surface area contributed by atoms with Gasteiger partial charge in [-0.25, -0.2) is 26.5 Å². The second kappa shape index (κ2) is 37.7. The summed E-state index contributed by atoms with van der Waals surface area (Å²) in [5.41, 5.74) is -0.680. The van der Waals surface area contributed by atoms with Gasteiger partial charge in [0.1, 0.15) is 40.6 Å². The summed E-state index contributed by atoms with van der Waals surface area (Å²) in [6, 6.07) is 30.7. The number of thioether (sulfide) groups is 1. The van der Waals surface area contributed by atoms with Crippen molar-refractivity contribution in [3.63, 3.8) is 0 Å². The lowest BCUT2D eigenvalue weighted by Crippen LogP contribution is -2.55. The second-order valence-corrected chi connectivity index (χ2v) is 35.3. The molecular weight excluding hydrogens is 1500 g/mol. The Morgan fingerprint density at radius 2 is 1.47 bits per heavy atom. The van der Waals surface area contributed by atoms with Crippen molar-refractivity contribution < 1.29 is 68.2 Å². The number of nitrogens with zero attached hydrogens (tertiary/aromatic N) is 6. The molecule has 588 valence electrons. The van der Waals surface area contributed by atoms with Gasteiger partial charge in [-0.15, -0.1) is 23.1 Å². The first-order chi connectivity index (χ1) is 52.2. The Kier molecular flexibility index (Phi) is 28.5. The number of carbonyl (C=O) groups is 5. The van der Waals surface area contributed by atoms with E-state index in [2.05, 4.69) is 56.6 Å². The number of likely N-dealkylation sites (tertiary alicyclic amines) is 1. The molecule has 0 bridgehead atoms. The Morgan fingerprint density at radius 1 is 0.761 bits per heavy atom. The normalized spacial score (nSPS) is 18.6. The number of sulfonamides is 1. The van der Waals surface area contributed by atoms with E-state index < -0.39 is 64.9 Å². The van der Waals surface area contributed by atoms with Crippen LogP contribution in [0.4, 0.5) is 24.5 Å². The molecule has 30 heteroatoms. The number of piperazine rings is 2. The fourth-order valence-corrected chi connectivity index (χ4v) is 18.8. The summed E-state index contributed by atoms with van der Waals surface area (Å²) in [6.45, 7) is 13.3. The van der Waals surface area contributed by atoms with Crippen LogP contribution in [0.5, 0.6) is 5.75 Å². The van der Waals surface area contributed by atoms with Crippen LogP contribution in [-0.2, 0) is 43.7 Å². The quantitative estimate of drug-likeness (QED) is 0.0170. The molecule has 5 aliphatic rings. The van der Waals surface area contributed by atoms with Gasteiger partial charge in [-0.2, -0.15) is 13.2 Å². The number of alkyl halides is 3. The van der Waals surface area contributed by atoms with E-state index in [4.69, 9.17) is 30.8 Å². The number of thiazole rings is 1. The van der Waals surface area contributed by atoms with Crippen LogP contribution in [0.15, 0.2) is 147 Å². The molecule has 4 unspecified atom stereocenters. The number of amides is 4. The summed E-state index contributed by atoms with van der Waals surface area (Å²) in [7, 11) is -9.41. The molecule has 109 heavy (non-hydrogen) atoms.